The number of carbonyl (C=O) groups excluding carboxylic acids is 3. The van der Waals surface area contributed by atoms with Crippen LogP contribution in [0.1, 0.15) is 62.0 Å². The van der Waals surface area contributed by atoms with Crippen molar-refractivity contribution in [2.24, 2.45) is 5.92 Å². The van der Waals surface area contributed by atoms with Gasteiger partial charge in [-0.05, 0) is 57.6 Å². The Morgan fingerprint density at radius 2 is 2.04 bits per heavy atom. The van der Waals surface area contributed by atoms with Gasteiger partial charge < -0.3 is 15.0 Å². The molecule has 142 valence electrons. The summed E-state index contributed by atoms with van der Waals surface area (Å²) in [6.45, 7) is 4.44. The molecule has 0 spiro atoms. The third-order valence-corrected chi connectivity index (χ3v) is 6.00. The number of rotatable bonds is 6. The van der Waals surface area contributed by atoms with Crippen molar-refractivity contribution in [3.63, 3.8) is 0 Å². The molecular weight excluding hydrogens is 352 g/mol. The fraction of sp³-hybridized carbons (Fsp3) is 0.632. The number of thiophene rings is 1. The average Bonchev–Trinajstić information content (AvgIpc) is 3.40. The second kappa shape index (κ2) is 8.20. The van der Waals surface area contributed by atoms with Gasteiger partial charge in [0.05, 0.1) is 5.00 Å². The first-order valence-corrected chi connectivity index (χ1v) is 10.2. The van der Waals surface area contributed by atoms with Gasteiger partial charge in [-0.3, -0.25) is 9.59 Å². The van der Waals surface area contributed by atoms with E-state index in [1.807, 2.05) is 4.90 Å². The highest BCUT2D eigenvalue weighted by molar-refractivity contribution is 7.18. The van der Waals surface area contributed by atoms with Crippen LogP contribution in [-0.4, -0.2) is 41.4 Å². The highest BCUT2D eigenvalue weighted by Gasteiger charge is 2.32. The number of nitrogens with one attached hydrogen (secondary N) is 1. The van der Waals surface area contributed by atoms with Crippen LogP contribution in [0.3, 0.4) is 0 Å². The van der Waals surface area contributed by atoms with Crippen LogP contribution in [0.5, 0.6) is 0 Å². The van der Waals surface area contributed by atoms with E-state index in [9.17, 15) is 14.4 Å². The van der Waals surface area contributed by atoms with Crippen molar-refractivity contribution in [1.29, 1.82) is 0 Å². The Balaban J connectivity index is 1.55. The minimum Gasteiger partial charge on any atom is -0.448 e. The molecule has 1 aromatic heterocycles. The molecule has 2 heterocycles. The molecule has 1 saturated heterocycles. The lowest BCUT2D eigenvalue weighted by molar-refractivity contribution is -0.143. The SMILES string of the molecule is CCC1CCCCN1C(=O)C(C)OC(=O)c1ccc(NC(=O)C2CC2)s1. The number of nitrogens with zero attached hydrogens (tertiary/aromatic N) is 1. The molecule has 1 aliphatic heterocycles. The quantitative estimate of drug-likeness (QED) is 0.770. The highest BCUT2D eigenvalue weighted by Crippen LogP contribution is 2.32. The third kappa shape index (κ3) is 4.44. The lowest BCUT2D eigenvalue weighted by atomic mass is 9.99. The van der Waals surface area contributed by atoms with Gasteiger partial charge in [0.2, 0.25) is 5.91 Å². The summed E-state index contributed by atoms with van der Waals surface area (Å²) in [5, 5.41) is 3.45. The molecule has 2 amide bonds. The summed E-state index contributed by atoms with van der Waals surface area (Å²) in [6.07, 6.45) is 5.13. The van der Waals surface area contributed by atoms with Gasteiger partial charge >= 0.3 is 5.97 Å². The summed E-state index contributed by atoms with van der Waals surface area (Å²) in [6, 6.07) is 3.57. The van der Waals surface area contributed by atoms with Gasteiger partial charge in [-0.15, -0.1) is 11.3 Å². The number of hydrogen-bond donors (Lipinski definition) is 1. The Morgan fingerprint density at radius 1 is 1.27 bits per heavy atom. The number of piperidine rings is 1. The Labute approximate surface area is 157 Å². The van der Waals surface area contributed by atoms with Crippen LogP contribution in [0.15, 0.2) is 12.1 Å². The number of anilines is 1. The van der Waals surface area contributed by atoms with Crippen LogP contribution in [0, 0.1) is 5.92 Å². The highest BCUT2D eigenvalue weighted by atomic mass is 32.1. The molecule has 1 saturated carbocycles. The van der Waals surface area contributed by atoms with Crippen molar-refractivity contribution < 1.29 is 19.1 Å². The van der Waals surface area contributed by atoms with Gasteiger partial charge in [0.25, 0.3) is 5.91 Å². The Morgan fingerprint density at radius 3 is 2.73 bits per heavy atom. The van der Waals surface area contributed by atoms with Crippen LogP contribution in [0.25, 0.3) is 0 Å². The van der Waals surface area contributed by atoms with E-state index < -0.39 is 12.1 Å². The lowest BCUT2D eigenvalue weighted by Crippen LogP contribution is -2.48. The number of hydrogen-bond acceptors (Lipinski definition) is 5. The first kappa shape index (κ1) is 18.9. The molecule has 0 radical (unpaired) electrons. The standard InChI is InChI=1S/C19H26N2O4S/c1-3-14-6-4-5-11-21(14)18(23)12(2)25-19(24)15-9-10-16(26-15)20-17(22)13-7-8-13/h9-10,12-14H,3-8,11H2,1-2H3,(H,20,22). The molecule has 26 heavy (non-hydrogen) atoms. The lowest BCUT2D eigenvalue weighted by Gasteiger charge is -2.36. The van der Waals surface area contributed by atoms with E-state index in [0.29, 0.717) is 9.88 Å². The second-order valence-corrected chi connectivity index (χ2v) is 8.15. The van der Waals surface area contributed by atoms with Crippen molar-refractivity contribution in [1.82, 2.24) is 4.90 Å². The van der Waals surface area contributed by atoms with Gasteiger partial charge in [0.15, 0.2) is 6.10 Å². The van der Waals surface area contributed by atoms with Crippen molar-refractivity contribution in [3.8, 4) is 0 Å². The van der Waals surface area contributed by atoms with E-state index >= 15 is 0 Å². The van der Waals surface area contributed by atoms with E-state index in [-0.39, 0.29) is 23.8 Å². The van der Waals surface area contributed by atoms with Crippen LogP contribution < -0.4 is 5.32 Å². The third-order valence-electron chi connectivity index (χ3n) is 5.01. The fourth-order valence-corrected chi connectivity index (χ4v) is 4.09. The largest absolute Gasteiger partial charge is 0.448 e. The summed E-state index contributed by atoms with van der Waals surface area (Å²) in [5.41, 5.74) is 0. The summed E-state index contributed by atoms with van der Waals surface area (Å²) < 4.78 is 5.39. The maximum atomic E-state index is 12.7. The first-order chi connectivity index (χ1) is 12.5. The minimum atomic E-state index is -0.804. The number of carbonyl (C=O) groups is 3. The van der Waals surface area contributed by atoms with E-state index in [1.54, 1.807) is 19.1 Å². The molecule has 2 atom stereocenters. The summed E-state index contributed by atoms with van der Waals surface area (Å²) in [5.74, 6) is -0.524. The number of ether oxygens (including phenoxy) is 1. The Bertz CT molecular complexity index is 683. The Kier molecular flexibility index (Phi) is 5.96. The average molecular weight is 378 g/mol. The van der Waals surface area contributed by atoms with Crippen LogP contribution in [0.2, 0.25) is 0 Å². The predicted octanol–water partition coefficient (Wildman–Crippen LogP) is 3.43. The van der Waals surface area contributed by atoms with Gasteiger partial charge in [-0.1, -0.05) is 6.92 Å². The molecule has 2 fully saturated rings. The van der Waals surface area contributed by atoms with Gasteiger partial charge in [-0.2, -0.15) is 0 Å². The molecule has 6 nitrogen and oxygen atoms in total. The summed E-state index contributed by atoms with van der Waals surface area (Å²) >= 11 is 1.18. The summed E-state index contributed by atoms with van der Waals surface area (Å²) in [7, 11) is 0. The monoisotopic (exact) mass is 378 g/mol. The van der Waals surface area contributed by atoms with E-state index in [1.165, 1.54) is 11.3 Å². The zero-order valence-electron chi connectivity index (χ0n) is 15.3. The molecule has 7 heteroatoms. The molecule has 0 bridgehead atoms. The maximum absolute atomic E-state index is 12.7. The Hall–Kier alpha value is -1.89. The molecule has 1 aliphatic carbocycles. The van der Waals surface area contributed by atoms with Crippen LogP contribution in [0.4, 0.5) is 5.00 Å². The molecule has 3 rings (SSSR count). The van der Waals surface area contributed by atoms with E-state index in [0.717, 1.165) is 45.1 Å². The van der Waals surface area contributed by atoms with Crippen molar-refractivity contribution in [2.75, 3.05) is 11.9 Å². The molecule has 2 aliphatic rings. The maximum Gasteiger partial charge on any atom is 0.349 e. The number of amides is 2. The molecule has 0 aromatic carbocycles. The van der Waals surface area contributed by atoms with E-state index in [4.69, 9.17) is 4.74 Å². The van der Waals surface area contributed by atoms with E-state index in [2.05, 4.69) is 12.2 Å². The zero-order chi connectivity index (χ0) is 18.7. The second-order valence-electron chi connectivity index (χ2n) is 7.06. The normalized spacial score (nSPS) is 21.2. The predicted molar refractivity (Wildman–Crippen MR) is 100 cm³/mol. The first-order valence-electron chi connectivity index (χ1n) is 9.41. The molecule has 2 unspecified atom stereocenters. The minimum absolute atomic E-state index is 0.00557. The summed E-state index contributed by atoms with van der Waals surface area (Å²) in [4.78, 5) is 39.0. The van der Waals surface area contributed by atoms with Crippen molar-refractivity contribution in [2.45, 2.75) is 64.5 Å². The fourth-order valence-electron chi connectivity index (χ4n) is 3.30. The topological polar surface area (TPSA) is 75.7 Å². The van der Waals surface area contributed by atoms with Crippen molar-refractivity contribution >= 4 is 34.1 Å². The smallest absolute Gasteiger partial charge is 0.349 e. The zero-order valence-corrected chi connectivity index (χ0v) is 16.1. The van der Waals surface area contributed by atoms with Gasteiger partial charge in [0, 0.05) is 18.5 Å². The van der Waals surface area contributed by atoms with Gasteiger partial charge in [-0.25, -0.2) is 4.79 Å². The number of likely N-dealkylation sites (tertiary alicyclic amines) is 1. The molecular formula is C19H26N2O4S. The van der Waals surface area contributed by atoms with Crippen LogP contribution >= 0.6 is 11.3 Å². The van der Waals surface area contributed by atoms with Gasteiger partial charge in [0.1, 0.15) is 4.88 Å². The molecule has 1 N–H and O–H groups in total. The van der Waals surface area contributed by atoms with Crippen molar-refractivity contribution in [3.05, 3.63) is 17.0 Å². The van der Waals surface area contributed by atoms with Crippen LogP contribution in [-0.2, 0) is 14.3 Å². The molecule has 1 aromatic rings. The number of esters is 1.